The van der Waals surface area contributed by atoms with Crippen molar-refractivity contribution in [3.63, 3.8) is 0 Å². The molecule has 0 atom stereocenters. The van der Waals surface area contributed by atoms with Gasteiger partial charge in [0.15, 0.2) is 0 Å². The van der Waals surface area contributed by atoms with Gasteiger partial charge in [-0.1, -0.05) is 6.07 Å². The molecule has 3 rings (SSSR count). The number of hydrogen-bond donors (Lipinski definition) is 1. The van der Waals surface area contributed by atoms with Crippen molar-refractivity contribution in [2.75, 3.05) is 0 Å². The fourth-order valence-electron chi connectivity index (χ4n) is 2.31. The van der Waals surface area contributed by atoms with E-state index in [2.05, 4.69) is 0 Å². The predicted molar refractivity (Wildman–Crippen MR) is 56.2 cm³/mol. The third-order valence-corrected chi connectivity index (χ3v) is 2.97. The Morgan fingerprint density at radius 3 is 2.87 bits per heavy atom. The van der Waals surface area contributed by atoms with Crippen LogP contribution in [0.4, 0.5) is 0 Å². The predicted octanol–water partition coefficient (Wildman–Crippen LogP) is 1.99. The SMILES string of the molecule is O=c1oc2cccc(O)c2c2c1CCC2. The number of aryl methyl sites for hydroxylation is 1. The summed E-state index contributed by atoms with van der Waals surface area (Å²) in [6.45, 7) is 0. The summed E-state index contributed by atoms with van der Waals surface area (Å²) in [6.07, 6.45) is 2.59. The number of aromatic hydroxyl groups is 1. The van der Waals surface area contributed by atoms with Crippen LogP contribution in [0.3, 0.4) is 0 Å². The maximum Gasteiger partial charge on any atom is 0.339 e. The molecule has 1 aliphatic rings. The zero-order valence-corrected chi connectivity index (χ0v) is 8.12. The van der Waals surface area contributed by atoms with Gasteiger partial charge in [0.25, 0.3) is 0 Å². The minimum absolute atomic E-state index is 0.203. The van der Waals surface area contributed by atoms with Gasteiger partial charge in [-0.25, -0.2) is 4.79 Å². The van der Waals surface area contributed by atoms with Crippen molar-refractivity contribution in [1.29, 1.82) is 0 Å². The van der Waals surface area contributed by atoms with Crippen LogP contribution in [0.15, 0.2) is 27.4 Å². The van der Waals surface area contributed by atoms with Gasteiger partial charge in [-0.2, -0.15) is 0 Å². The highest BCUT2D eigenvalue weighted by Gasteiger charge is 2.20. The Kier molecular flexibility index (Phi) is 1.63. The molecular formula is C12H10O3. The molecule has 0 aliphatic heterocycles. The second kappa shape index (κ2) is 2.86. The van der Waals surface area contributed by atoms with Gasteiger partial charge in [0.1, 0.15) is 11.3 Å². The first kappa shape index (κ1) is 8.53. The highest BCUT2D eigenvalue weighted by atomic mass is 16.4. The first-order valence-electron chi connectivity index (χ1n) is 5.04. The topological polar surface area (TPSA) is 50.4 Å². The molecule has 1 aliphatic carbocycles. The molecule has 3 heteroatoms. The second-order valence-electron chi connectivity index (χ2n) is 3.85. The summed E-state index contributed by atoms with van der Waals surface area (Å²) in [4.78, 5) is 11.6. The summed E-state index contributed by atoms with van der Waals surface area (Å²) in [5.74, 6) is 0.203. The lowest BCUT2D eigenvalue weighted by Gasteiger charge is -2.04. The van der Waals surface area contributed by atoms with Gasteiger partial charge in [0.05, 0.1) is 5.39 Å². The van der Waals surface area contributed by atoms with Crippen molar-refractivity contribution >= 4 is 11.0 Å². The second-order valence-corrected chi connectivity index (χ2v) is 3.85. The van der Waals surface area contributed by atoms with E-state index in [0.717, 1.165) is 30.4 Å². The molecule has 3 nitrogen and oxygen atoms in total. The molecule has 1 N–H and O–H groups in total. The number of fused-ring (bicyclic) bond motifs is 3. The largest absolute Gasteiger partial charge is 0.507 e. The average Bonchev–Trinajstić information content (AvgIpc) is 2.66. The van der Waals surface area contributed by atoms with Gasteiger partial charge in [-0.05, 0) is 37.0 Å². The summed E-state index contributed by atoms with van der Waals surface area (Å²) in [6, 6.07) is 5.03. The van der Waals surface area contributed by atoms with Crippen molar-refractivity contribution in [2.24, 2.45) is 0 Å². The molecule has 1 aromatic heterocycles. The number of hydrogen-bond acceptors (Lipinski definition) is 3. The van der Waals surface area contributed by atoms with Crippen LogP contribution in [0.25, 0.3) is 11.0 Å². The Bertz CT molecular complexity index is 596. The Morgan fingerprint density at radius 2 is 2.00 bits per heavy atom. The molecular weight excluding hydrogens is 192 g/mol. The fourth-order valence-corrected chi connectivity index (χ4v) is 2.31. The number of phenols is 1. The van der Waals surface area contributed by atoms with Gasteiger partial charge in [-0.15, -0.1) is 0 Å². The maximum absolute atomic E-state index is 11.6. The molecule has 0 unspecified atom stereocenters. The highest BCUT2D eigenvalue weighted by Crippen LogP contribution is 2.32. The van der Waals surface area contributed by atoms with E-state index in [1.165, 1.54) is 0 Å². The highest BCUT2D eigenvalue weighted by molar-refractivity contribution is 5.87. The van der Waals surface area contributed by atoms with E-state index in [-0.39, 0.29) is 11.4 Å². The molecule has 0 amide bonds. The van der Waals surface area contributed by atoms with Crippen LogP contribution in [0.1, 0.15) is 17.5 Å². The van der Waals surface area contributed by atoms with E-state index in [0.29, 0.717) is 11.0 Å². The van der Waals surface area contributed by atoms with Crippen molar-refractivity contribution in [1.82, 2.24) is 0 Å². The fraction of sp³-hybridized carbons (Fsp3) is 0.250. The molecule has 2 aromatic rings. The van der Waals surface area contributed by atoms with E-state index < -0.39 is 0 Å². The summed E-state index contributed by atoms with van der Waals surface area (Å²) >= 11 is 0. The summed E-state index contributed by atoms with van der Waals surface area (Å²) in [5.41, 5.74) is 1.95. The minimum atomic E-state index is -0.249. The van der Waals surface area contributed by atoms with E-state index in [1.54, 1.807) is 18.2 Å². The smallest absolute Gasteiger partial charge is 0.339 e. The minimum Gasteiger partial charge on any atom is -0.507 e. The Labute approximate surface area is 86.0 Å². The average molecular weight is 202 g/mol. The van der Waals surface area contributed by atoms with E-state index >= 15 is 0 Å². The lowest BCUT2D eigenvalue weighted by atomic mass is 10.1. The first-order valence-corrected chi connectivity index (χ1v) is 5.04. The van der Waals surface area contributed by atoms with Gasteiger partial charge < -0.3 is 9.52 Å². The molecule has 0 saturated carbocycles. The molecule has 1 heterocycles. The molecule has 0 saturated heterocycles. The van der Waals surface area contributed by atoms with E-state index in [9.17, 15) is 9.90 Å². The van der Waals surface area contributed by atoms with E-state index in [1.807, 2.05) is 0 Å². The summed E-state index contributed by atoms with van der Waals surface area (Å²) < 4.78 is 5.17. The lowest BCUT2D eigenvalue weighted by molar-refractivity contribution is 0.478. The number of benzene rings is 1. The number of rotatable bonds is 0. The van der Waals surface area contributed by atoms with E-state index in [4.69, 9.17) is 4.42 Å². The molecule has 1 aromatic carbocycles. The van der Waals surface area contributed by atoms with Crippen molar-refractivity contribution < 1.29 is 9.52 Å². The maximum atomic E-state index is 11.6. The van der Waals surface area contributed by atoms with Crippen molar-refractivity contribution in [3.8, 4) is 5.75 Å². The molecule has 76 valence electrons. The third-order valence-electron chi connectivity index (χ3n) is 2.97. The van der Waals surface area contributed by atoms with Crippen LogP contribution in [0.5, 0.6) is 5.75 Å². The van der Waals surface area contributed by atoms with Crippen molar-refractivity contribution in [2.45, 2.75) is 19.3 Å². The lowest BCUT2D eigenvalue weighted by Crippen LogP contribution is -2.06. The van der Waals surface area contributed by atoms with Gasteiger partial charge in [0.2, 0.25) is 0 Å². The Balaban J connectivity index is 2.55. The summed E-state index contributed by atoms with van der Waals surface area (Å²) in [7, 11) is 0. The Morgan fingerprint density at radius 1 is 1.20 bits per heavy atom. The van der Waals surface area contributed by atoms with Gasteiger partial charge >= 0.3 is 5.63 Å². The normalized spacial score (nSPS) is 14.4. The van der Waals surface area contributed by atoms with Crippen LogP contribution >= 0.6 is 0 Å². The monoisotopic (exact) mass is 202 g/mol. The third kappa shape index (κ3) is 1.09. The molecule has 15 heavy (non-hydrogen) atoms. The first-order chi connectivity index (χ1) is 7.27. The van der Waals surface area contributed by atoms with Gasteiger partial charge in [0, 0.05) is 5.56 Å². The van der Waals surface area contributed by atoms with Crippen LogP contribution in [-0.4, -0.2) is 5.11 Å². The summed E-state index contributed by atoms with van der Waals surface area (Å²) in [5, 5.41) is 10.5. The van der Waals surface area contributed by atoms with Crippen molar-refractivity contribution in [3.05, 3.63) is 39.7 Å². The standard InChI is InChI=1S/C12H10O3/c13-9-5-2-6-10-11(9)7-3-1-4-8(7)12(14)15-10/h2,5-6,13H,1,3-4H2. The van der Waals surface area contributed by atoms with Crippen LogP contribution in [0.2, 0.25) is 0 Å². The molecule has 0 bridgehead atoms. The Hall–Kier alpha value is -1.77. The van der Waals surface area contributed by atoms with Crippen LogP contribution < -0.4 is 5.63 Å². The zero-order valence-electron chi connectivity index (χ0n) is 8.12. The molecule has 0 radical (unpaired) electrons. The van der Waals surface area contributed by atoms with Gasteiger partial charge in [-0.3, -0.25) is 0 Å². The number of phenolic OH excluding ortho intramolecular Hbond substituents is 1. The zero-order chi connectivity index (χ0) is 10.4. The quantitative estimate of drug-likeness (QED) is 0.664. The van der Waals surface area contributed by atoms with Crippen LogP contribution in [0, 0.1) is 0 Å². The molecule has 0 fully saturated rings. The molecule has 0 spiro atoms. The van der Waals surface area contributed by atoms with Crippen LogP contribution in [-0.2, 0) is 12.8 Å².